The molecule has 8 heteroatoms. The summed E-state index contributed by atoms with van der Waals surface area (Å²) in [6, 6.07) is 4.87. The van der Waals surface area contributed by atoms with Crippen LogP contribution in [-0.2, 0) is 24.5 Å². The summed E-state index contributed by atoms with van der Waals surface area (Å²) >= 11 is 0. The zero-order valence-corrected chi connectivity index (χ0v) is 22.6. The van der Waals surface area contributed by atoms with Gasteiger partial charge < -0.3 is 24.7 Å². The van der Waals surface area contributed by atoms with Gasteiger partial charge in [0, 0.05) is 24.6 Å². The van der Waals surface area contributed by atoms with E-state index in [0.29, 0.717) is 29.3 Å². The van der Waals surface area contributed by atoms with Crippen LogP contribution in [0.5, 0.6) is 0 Å². The summed E-state index contributed by atoms with van der Waals surface area (Å²) in [4.78, 5) is 30.0. The molecule has 0 spiro atoms. The van der Waals surface area contributed by atoms with Crippen LogP contribution in [0.2, 0.25) is 0 Å². The minimum absolute atomic E-state index is 0.0936. The Labute approximate surface area is 214 Å². The van der Waals surface area contributed by atoms with Crippen LogP contribution in [0.1, 0.15) is 82.1 Å². The van der Waals surface area contributed by atoms with Crippen molar-refractivity contribution in [2.45, 2.75) is 71.6 Å². The fraction of sp³-hybridized carbons (Fsp3) is 0.536. The zero-order valence-electron chi connectivity index (χ0n) is 22.6. The number of carbonyl (C=O) groups is 2. The number of carbonyl (C=O) groups excluding carboxylic acids is 1. The topological polar surface area (TPSA) is 106 Å². The number of methoxy groups -OCH3 is 2. The van der Waals surface area contributed by atoms with E-state index < -0.39 is 5.97 Å². The van der Waals surface area contributed by atoms with Crippen molar-refractivity contribution < 1.29 is 29.0 Å². The number of nitrogens with zero attached hydrogens (tertiary/aromatic N) is 1. The van der Waals surface area contributed by atoms with Gasteiger partial charge in [0.2, 0.25) is 5.91 Å². The summed E-state index contributed by atoms with van der Waals surface area (Å²) in [6.45, 7) is 8.23. The predicted octanol–water partition coefficient (Wildman–Crippen LogP) is 6.04. The van der Waals surface area contributed by atoms with Crippen molar-refractivity contribution in [2.24, 2.45) is 11.1 Å². The average Bonchev–Trinajstić information content (AvgIpc) is 2.82. The molecule has 0 saturated heterocycles. The molecule has 1 aliphatic carbocycles. The minimum Gasteiger partial charge on any atom is -0.497 e. The summed E-state index contributed by atoms with van der Waals surface area (Å²) in [5, 5.41) is 16.6. The maximum Gasteiger partial charge on any atom is 0.335 e. The molecule has 0 bridgehead atoms. The number of benzene rings is 1. The van der Waals surface area contributed by atoms with E-state index in [4.69, 9.17) is 14.3 Å². The Morgan fingerprint density at radius 2 is 1.86 bits per heavy atom. The van der Waals surface area contributed by atoms with E-state index in [-0.39, 0.29) is 29.2 Å². The molecule has 0 aromatic heterocycles. The van der Waals surface area contributed by atoms with Crippen molar-refractivity contribution in [1.29, 1.82) is 0 Å². The number of amides is 1. The molecule has 1 aromatic carbocycles. The monoisotopic (exact) mass is 500 g/mol. The first kappa shape index (κ1) is 28.9. The van der Waals surface area contributed by atoms with Crippen molar-refractivity contribution >= 4 is 23.3 Å². The quantitative estimate of drug-likeness (QED) is 0.267. The van der Waals surface area contributed by atoms with E-state index in [2.05, 4.69) is 17.4 Å². The molecule has 1 aliphatic rings. The number of anilines is 1. The second-order valence-electron chi connectivity index (χ2n) is 9.96. The van der Waals surface area contributed by atoms with Crippen LogP contribution in [0.3, 0.4) is 0 Å². The predicted molar refractivity (Wildman–Crippen MR) is 141 cm³/mol. The van der Waals surface area contributed by atoms with Crippen LogP contribution in [-0.4, -0.2) is 44.0 Å². The third-order valence-electron chi connectivity index (χ3n) is 6.29. The molecular formula is C28H40N2O6. The molecule has 0 fully saturated rings. The standard InChI is InChI=1S/C28H40N2O6/c1-8-9-10-11-18(20-16-23(30-36-7)25(35-6)17-24(20)34-5)15-26(31)29-22-14-19(27(32)33)12-13-21(22)28(2,3)4/h12-14,17-18H,8-11,15-16H2,1-7H3,(H,29,31)(H,32,33). The van der Waals surface area contributed by atoms with E-state index in [0.717, 1.165) is 36.8 Å². The first-order valence-electron chi connectivity index (χ1n) is 12.4. The first-order valence-corrected chi connectivity index (χ1v) is 12.4. The SMILES string of the molecule is CCCCCC(CC(=O)Nc1cc(C(=O)O)ccc1C(C)(C)C)C1=C(OC)C=C(OC)C(=NOC)C1. The van der Waals surface area contributed by atoms with Crippen molar-refractivity contribution in [3.63, 3.8) is 0 Å². The lowest BCUT2D eigenvalue weighted by atomic mass is 9.83. The third-order valence-corrected chi connectivity index (χ3v) is 6.29. The Hall–Kier alpha value is -3.29. The van der Waals surface area contributed by atoms with Gasteiger partial charge in [-0.1, -0.05) is 58.2 Å². The molecule has 1 unspecified atom stereocenters. The third kappa shape index (κ3) is 7.60. The number of hydrogen-bond donors (Lipinski definition) is 2. The number of carboxylic acid groups (broad SMARTS) is 1. The van der Waals surface area contributed by atoms with Gasteiger partial charge in [-0.25, -0.2) is 4.79 Å². The van der Waals surface area contributed by atoms with Gasteiger partial charge in [0.1, 0.15) is 24.3 Å². The lowest BCUT2D eigenvalue weighted by Crippen LogP contribution is -2.24. The van der Waals surface area contributed by atoms with E-state index in [1.807, 2.05) is 20.8 Å². The highest BCUT2D eigenvalue weighted by atomic mass is 16.6. The largest absolute Gasteiger partial charge is 0.497 e. The van der Waals surface area contributed by atoms with E-state index in [1.165, 1.54) is 13.2 Å². The highest BCUT2D eigenvalue weighted by Gasteiger charge is 2.29. The Kier molecular flexibility index (Phi) is 10.6. The summed E-state index contributed by atoms with van der Waals surface area (Å²) < 4.78 is 11.1. The van der Waals surface area contributed by atoms with Crippen molar-refractivity contribution in [3.8, 4) is 0 Å². The van der Waals surface area contributed by atoms with Crippen LogP contribution in [0.25, 0.3) is 0 Å². The van der Waals surface area contributed by atoms with E-state index in [1.54, 1.807) is 32.4 Å². The second-order valence-corrected chi connectivity index (χ2v) is 9.96. The van der Waals surface area contributed by atoms with Crippen LogP contribution < -0.4 is 5.32 Å². The van der Waals surface area contributed by atoms with Crippen molar-refractivity contribution in [1.82, 2.24) is 0 Å². The molecule has 8 nitrogen and oxygen atoms in total. The molecule has 1 aromatic rings. The number of carboxylic acids is 1. The van der Waals surface area contributed by atoms with Gasteiger partial charge in [0.25, 0.3) is 0 Å². The molecule has 1 atom stereocenters. The highest BCUT2D eigenvalue weighted by Crippen LogP contribution is 2.35. The van der Waals surface area contributed by atoms with Crippen LogP contribution in [0, 0.1) is 5.92 Å². The van der Waals surface area contributed by atoms with E-state index in [9.17, 15) is 14.7 Å². The Morgan fingerprint density at radius 3 is 2.42 bits per heavy atom. The minimum atomic E-state index is -1.04. The molecule has 198 valence electrons. The van der Waals surface area contributed by atoms with Crippen LogP contribution in [0.4, 0.5) is 5.69 Å². The normalized spacial score (nSPS) is 15.9. The van der Waals surface area contributed by atoms with Crippen LogP contribution >= 0.6 is 0 Å². The molecular weight excluding hydrogens is 460 g/mol. The maximum atomic E-state index is 13.4. The van der Waals surface area contributed by atoms with Gasteiger partial charge in [-0.2, -0.15) is 0 Å². The van der Waals surface area contributed by atoms with Gasteiger partial charge in [-0.15, -0.1) is 0 Å². The summed E-state index contributed by atoms with van der Waals surface area (Å²) in [5.41, 5.74) is 2.86. The summed E-state index contributed by atoms with van der Waals surface area (Å²) in [5.74, 6) is -0.0802. The van der Waals surface area contributed by atoms with Gasteiger partial charge >= 0.3 is 5.97 Å². The van der Waals surface area contributed by atoms with Crippen molar-refractivity contribution in [3.05, 3.63) is 52.5 Å². The lowest BCUT2D eigenvalue weighted by Gasteiger charge is -2.27. The molecule has 0 aliphatic heterocycles. The Balaban J connectivity index is 2.41. The van der Waals surface area contributed by atoms with Crippen molar-refractivity contribution in [2.75, 3.05) is 26.6 Å². The van der Waals surface area contributed by atoms with Crippen LogP contribution in [0.15, 0.2) is 46.5 Å². The zero-order chi connectivity index (χ0) is 26.9. The number of unbranched alkanes of at least 4 members (excludes halogenated alkanes) is 2. The molecule has 0 heterocycles. The lowest BCUT2D eigenvalue weighted by molar-refractivity contribution is -0.116. The first-order chi connectivity index (χ1) is 17.0. The fourth-order valence-electron chi connectivity index (χ4n) is 4.45. The smallest absolute Gasteiger partial charge is 0.335 e. The number of ether oxygens (including phenoxy) is 2. The molecule has 2 rings (SSSR count). The number of oxime groups is 1. The Bertz CT molecular complexity index is 1030. The van der Waals surface area contributed by atoms with Gasteiger partial charge in [0.05, 0.1) is 19.8 Å². The average molecular weight is 501 g/mol. The number of aromatic carboxylic acids is 1. The maximum absolute atomic E-state index is 13.4. The second kappa shape index (κ2) is 13.1. The van der Waals surface area contributed by atoms with Gasteiger partial charge in [-0.3, -0.25) is 4.79 Å². The summed E-state index contributed by atoms with van der Waals surface area (Å²) in [7, 11) is 4.66. The summed E-state index contributed by atoms with van der Waals surface area (Å²) in [6.07, 6.45) is 6.35. The molecule has 36 heavy (non-hydrogen) atoms. The number of allylic oxidation sites excluding steroid dienone is 3. The Morgan fingerprint density at radius 1 is 1.14 bits per heavy atom. The number of nitrogens with one attached hydrogen (secondary N) is 1. The molecule has 0 radical (unpaired) electrons. The number of hydrogen-bond acceptors (Lipinski definition) is 6. The highest BCUT2D eigenvalue weighted by molar-refractivity contribution is 6.01. The van der Waals surface area contributed by atoms with Gasteiger partial charge in [0.15, 0.2) is 0 Å². The van der Waals surface area contributed by atoms with Gasteiger partial charge in [-0.05, 0) is 41.0 Å². The molecule has 1 amide bonds. The fourth-order valence-corrected chi connectivity index (χ4v) is 4.45. The van der Waals surface area contributed by atoms with E-state index >= 15 is 0 Å². The molecule has 2 N–H and O–H groups in total. The molecule has 0 saturated carbocycles. The number of rotatable bonds is 12.